The largest absolute Gasteiger partial charge is 0.349 e. The van der Waals surface area contributed by atoms with Crippen LogP contribution in [0.25, 0.3) is 0 Å². The van der Waals surface area contributed by atoms with E-state index in [0.717, 1.165) is 9.87 Å². The molecule has 0 bridgehead atoms. The molecule has 2 rings (SSSR count). The summed E-state index contributed by atoms with van der Waals surface area (Å²) in [7, 11) is -0.803. The average molecular weight is 415 g/mol. The van der Waals surface area contributed by atoms with Gasteiger partial charge < -0.3 is 5.32 Å². The van der Waals surface area contributed by atoms with Gasteiger partial charge in [0.1, 0.15) is 0 Å². The third kappa shape index (κ3) is 4.76. The Hall–Kier alpha value is -1.60. The topological polar surface area (TPSA) is 66.5 Å². The highest BCUT2D eigenvalue weighted by Crippen LogP contribution is 2.23. The Kier molecular flexibility index (Phi) is 6.69. The third-order valence-corrected chi connectivity index (χ3v) is 6.33. The number of hydrogen-bond donors (Lipinski definition) is 1. The van der Waals surface area contributed by atoms with Crippen molar-refractivity contribution in [2.24, 2.45) is 0 Å². The molecule has 0 aliphatic rings. The number of amides is 1. The highest BCUT2D eigenvalue weighted by Gasteiger charge is 2.21. The summed E-state index contributed by atoms with van der Waals surface area (Å²) in [4.78, 5) is 12.6. The monoisotopic (exact) mass is 414 g/mol. The molecule has 2 aromatic carbocycles. The van der Waals surface area contributed by atoms with Crippen molar-refractivity contribution in [2.75, 3.05) is 14.1 Å². The van der Waals surface area contributed by atoms with Crippen molar-refractivity contribution in [1.82, 2.24) is 9.62 Å². The Morgan fingerprint density at radius 1 is 1.12 bits per heavy atom. The first-order valence-electron chi connectivity index (χ1n) is 7.89. The van der Waals surface area contributed by atoms with E-state index in [9.17, 15) is 13.2 Å². The van der Waals surface area contributed by atoms with Crippen LogP contribution in [0.15, 0.2) is 47.4 Å². The number of nitrogens with one attached hydrogen (secondary N) is 1. The number of nitrogens with zero attached hydrogens (tertiary/aromatic N) is 1. The lowest BCUT2D eigenvalue weighted by molar-refractivity contribution is 0.0940. The van der Waals surface area contributed by atoms with E-state index in [-0.39, 0.29) is 21.5 Å². The summed E-state index contributed by atoms with van der Waals surface area (Å²) in [5.41, 5.74) is 1.03. The van der Waals surface area contributed by atoms with Crippen LogP contribution in [0, 0.1) is 0 Å². The summed E-state index contributed by atoms with van der Waals surface area (Å²) < 4.78 is 25.6. The van der Waals surface area contributed by atoms with E-state index in [0.29, 0.717) is 11.4 Å². The van der Waals surface area contributed by atoms with E-state index in [1.807, 2.05) is 25.1 Å². The number of carbonyl (C=O) groups is 1. The summed E-state index contributed by atoms with van der Waals surface area (Å²) in [5.74, 6) is -0.439. The van der Waals surface area contributed by atoms with Gasteiger partial charge in [0.05, 0.1) is 15.5 Å². The lowest BCUT2D eigenvalue weighted by Crippen LogP contribution is -2.34. The molecule has 140 valence electrons. The van der Waals surface area contributed by atoms with E-state index in [1.54, 1.807) is 6.07 Å². The predicted octanol–water partition coefficient (Wildman–Crippen LogP) is 3.60. The zero-order chi connectivity index (χ0) is 19.5. The molecule has 0 aromatic heterocycles. The number of sulfonamides is 1. The molecular formula is C18H20Cl2N2O3S. The van der Waals surface area contributed by atoms with Gasteiger partial charge in [-0.25, -0.2) is 12.7 Å². The average Bonchev–Trinajstić information content (AvgIpc) is 2.56. The van der Waals surface area contributed by atoms with Crippen LogP contribution < -0.4 is 5.32 Å². The molecule has 2 aromatic rings. The van der Waals surface area contributed by atoms with Gasteiger partial charge in [-0.1, -0.05) is 41.4 Å². The number of halogens is 2. The molecule has 0 radical (unpaired) electrons. The van der Waals surface area contributed by atoms with Crippen molar-refractivity contribution >= 4 is 39.1 Å². The first kappa shape index (κ1) is 20.7. The standard InChI is InChI=1S/C18H20Cl2N2O3S/c1-12(10-13-6-4-5-7-16(13)19)21-18(23)15-11-14(8-9-17(15)20)26(24,25)22(2)3/h4-9,11-12H,10H2,1-3H3,(H,21,23). The minimum absolute atomic E-state index is 0.0100. The fraction of sp³-hybridized carbons (Fsp3) is 0.278. The van der Waals surface area contributed by atoms with E-state index >= 15 is 0 Å². The zero-order valence-corrected chi connectivity index (χ0v) is 17.0. The summed E-state index contributed by atoms with van der Waals surface area (Å²) in [5, 5.41) is 3.65. The third-order valence-electron chi connectivity index (χ3n) is 3.82. The molecule has 1 unspecified atom stereocenters. The van der Waals surface area contributed by atoms with Gasteiger partial charge in [-0.15, -0.1) is 0 Å². The van der Waals surface area contributed by atoms with E-state index < -0.39 is 15.9 Å². The molecule has 0 aliphatic carbocycles. The van der Waals surface area contributed by atoms with Crippen LogP contribution in [-0.2, 0) is 16.4 Å². The molecule has 0 saturated carbocycles. The van der Waals surface area contributed by atoms with Crippen molar-refractivity contribution < 1.29 is 13.2 Å². The van der Waals surface area contributed by atoms with Crippen molar-refractivity contribution in [3.05, 3.63) is 63.6 Å². The number of benzene rings is 2. The van der Waals surface area contributed by atoms with Crippen LogP contribution in [0.2, 0.25) is 10.0 Å². The quantitative estimate of drug-likeness (QED) is 0.784. The maximum atomic E-state index is 12.6. The van der Waals surface area contributed by atoms with Gasteiger partial charge in [0.25, 0.3) is 5.91 Å². The summed E-state index contributed by atoms with van der Waals surface area (Å²) in [6.45, 7) is 1.84. The summed E-state index contributed by atoms with van der Waals surface area (Å²) in [6.07, 6.45) is 0.540. The van der Waals surface area contributed by atoms with E-state index in [4.69, 9.17) is 23.2 Å². The highest BCUT2D eigenvalue weighted by molar-refractivity contribution is 7.89. The van der Waals surface area contributed by atoms with Gasteiger partial charge in [0.2, 0.25) is 10.0 Å². The van der Waals surface area contributed by atoms with Gasteiger partial charge in [-0.05, 0) is 43.2 Å². The Bertz CT molecular complexity index is 914. The van der Waals surface area contributed by atoms with Crippen molar-refractivity contribution in [3.63, 3.8) is 0 Å². The van der Waals surface area contributed by atoms with Crippen molar-refractivity contribution in [2.45, 2.75) is 24.3 Å². The normalized spacial score (nSPS) is 12.8. The molecule has 0 saturated heterocycles. The fourth-order valence-electron chi connectivity index (χ4n) is 2.40. The number of hydrogen-bond acceptors (Lipinski definition) is 3. The number of rotatable bonds is 6. The van der Waals surface area contributed by atoms with Crippen molar-refractivity contribution in [1.29, 1.82) is 0 Å². The maximum absolute atomic E-state index is 12.6. The van der Waals surface area contributed by atoms with Crippen LogP contribution in [0.5, 0.6) is 0 Å². The Balaban J connectivity index is 2.20. The second-order valence-corrected chi connectivity index (χ2v) is 9.07. The van der Waals surface area contributed by atoms with Crippen LogP contribution in [0.4, 0.5) is 0 Å². The highest BCUT2D eigenvalue weighted by atomic mass is 35.5. The Labute approximate surface area is 164 Å². The van der Waals surface area contributed by atoms with Crippen LogP contribution in [-0.4, -0.2) is 38.8 Å². The molecule has 5 nitrogen and oxygen atoms in total. The summed E-state index contributed by atoms with van der Waals surface area (Å²) in [6, 6.07) is 11.3. The molecule has 1 amide bonds. The van der Waals surface area contributed by atoms with Crippen LogP contribution in [0.3, 0.4) is 0 Å². The molecular weight excluding hydrogens is 395 g/mol. The molecule has 0 fully saturated rings. The minimum atomic E-state index is -3.66. The lowest BCUT2D eigenvalue weighted by Gasteiger charge is -2.17. The predicted molar refractivity (Wildman–Crippen MR) is 104 cm³/mol. The van der Waals surface area contributed by atoms with Gasteiger partial charge >= 0.3 is 0 Å². The van der Waals surface area contributed by atoms with Crippen LogP contribution >= 0.6 is 23.2 Å². The second kappa shape index (κ2) is 8.39. The van der Waals surface area contributed by atoms with E-state index in [2.05, 4.69) is 5.32 Å². The molecule has 0 aliphatic heterocycles. The molecule has 0 heterocycles. The zero-order valence-electron chi connectivity index (χ0n) is 14.7. The van der Waals surface area contributed by atoms with E-state index in [1.165, 1.54) is 32.3 Å². The molecule has 0 spiro atoms. The molecule has 1 N–H and O–H groups in total. The SMILES string of the molecule is CC(Cc1ccccc1Cl)NC(=O)c1cc(S(=O)(=O)N(C)C)ccc1Cl. The van der Waals surface area contributed by atoms with Crippen LogP contribution in [0.1, 0.15) is 22.8 Å². The van der Waals surface area contributed by atoms with Gasteiger partial charge in [-0.3, -0.25) is 4.79 Å². The Morgan fingerprint density at radius 2 is 1.77 bits per heavy atom. The van der Waals surface area contributed by atoms with Gasteiger partial charge in [0.15, 0.2) is 0 Å². The number of carbonyl (C=O) groups excluding carboxylic acids is 1. The van der Waals surface area contributed by atoms with Gasteiger partial charge in [0, 0.05) is 25.2 Å². The molecule has 8 heteroatoms. The fourth-order valence-corrected chi connectivity index (χ4v) is 3.74. The minimum Gasteiger partial charge on any atom is -0.349 e. The second-order valence-electron chi connectivity index (χ2n) is 6.10. The first-order chi connectivity index (χ1) is 12.1. The van der Waals surface area contributed by atoms with Crippen molar-refractivity contribution in [3.8, 4) is 0 Å². The first-order valence-corrected chi connectivity index (χ1v) is 10.1. The molecule has 1 atom stereocenters. The maximum Gasteiger partial charge on any atom is 0.253 e. The van der Waals surface area contributed by atoms with Gasteiger partial charge in [-0.2, -0.15) is 0 Å². The Morgan fingerprint density at radius 3 is 2.38 bits per heavy atom. The lowest BCUT2D eigenvalue weighted by atomic mass is 10.1. The molecule has 26 heavy (non-hydrogen) atoms. The summed E-state index contributed by atoms with van der Waals surface area (Å²) >= 11 is 12.2. The smallest absolute Gasteiger partial charge is 0.253 e.